The Morgan fingerprint density at radius 2 is 1.95 bits per heavy atom. The molecule has 1 aliphatic rings. The van der Waals surface area contributed by atoms with Gasteiger partial charge in [0.2, 0.25) is 0 Å². The molecule has 1 heterocycles. The molecule has 1 aromatic heterocycles. The summed E-state index contributed by atoms with van der Waals surface area (Å²) in [7, 11) is 0. The van der Waals surface area contributed by atoms with Gasteiger partial charge in [0.15, 0.2) is 5.78 Å². The second kappa shape index (κ2) is 5.37. The van der Waals surface area contributed by atoms with Gasteiger partial charge in [0.05, 0.1) is 6.26 Å². The van der Waals surface area contributed by atoms with E-state index in [-0.39, 0.29) is 11.7 Å². The minimum atomic E-state index is 0.135. The van der Waals surface area contributed by atoms with Gasteiger partial charge in [-0.25, -0.2) is 0 Å². The molecule has 1 aromatic carbocycles. The van der Waals surface area contributed by atoms with Crippen LogP contribution in [0, 0.1) is 6.92 Å². The Hall–Kier alpha value is -2.29. The molecule has 2 aromatic rings. The minimum absolute atomic E-state index is 0.135. The van der Waals surface area contributed by atoms with Gasteiger partial charge in [0, 0.05) is 29.8 Å². The molecule has 0 unspecified atom stereocenters. The van der Waals surface area contributed by atoms with Crippen LogP contribution in [0.3, 0.4) is 0 Å². The molecule has 0 saturated carbocycles. The highest BCUT2D eigenvalue weighted by Gasteiger charge is 2.24. The van der Waals surface area contributed by atoms with Crippen molar-refractivity contribution in [3.05, 3.63) is 65.8 Å². The zero-order valence-corrected chi connectivity index (χ0v) is 11.4. The van der Waals surface area contributed by atoms with Crippen molar-refractivity contribution >= 4 is 11.5 Å². The standard InChI is InChI=1S/C17H17NO2/c1-12-4-6-14(7-5-12)18-15-9-13(10-16(19)11-15)17-3-2-8-20-17/h2-8,11,13,18H,9-10H2,1H3/t13-/m0/s1. The van der Waals surface area contributed by atoms with Crippen LogP contribution >= 0.6 is 0 Å². The maximum absolute atomic E-state index is 11.9. The number of nitrogens with one attached hydrogen (secondary N) is 1. The predicted molar refractivity (Wildman–Crippen MR) is 78.6 cm³/mol. The SMILES string of the molecule is Cc1ccc(NC2=CC(=O)C[C@@H](c3ccco3)C2)cc1. The Labute approximate surface area is 118 Å². The average molecular weight is 267 g/mol. The van der Waals surface area contributed by atoms with Gasteiger partial charge in [0.25, 0.3) is 0 Å². The van der Waals surface area contributed by atoms with E-state index < -0.39 is 0 Å². The summed E-state index contributed by atoms with van der Waals surface area (Å²) >= 11 is 0. The number of aryl methyl sites for hydroxylation is 1. The summed E-state index contributed by atoms with van der Waals surface area (Å²) in [5.41, 5.74) is 3.18. The topological polar surface area (TPSA) is 42.2 Å². The highest BCUT2D eigenvalue weighted by atomic mass is 16.3. The van der Waals surface area contributed by atoms with Crippen molar-refractivity contribution in [1.82, 2.24) is 0 Å². The van der Waals surface area contributed by atoms with Crippen molar-refractivity contribution in [1.29, 1.82) is 0 Å². The van der Waals surface area contributed by atoms with Crippen LogP contribution in [0.5, 0.6) is 0 Å². The monoisotopic (exact) mass is 267 g/mol. The lowest BCUT2D eigenvalue weighted by Crippen LogP contribution is -2.16. The van der Waals surface area contributed by atoms with Crippen LogP contribution in [-0.4, -0.2) is 5.78 Å². The van der Waals surface area contributed by atoms with Crippen molar-refractivity contribution in [3.8, 4) is 0 Å². The van der Waals surface area contributed by atoms with E-state index in [1.54, 1.807) is 12.3 Å². The summed E-state index contributed by atoms with van der Waals surface area (Å²) in [6, 6.07) is 12.0. The van der Waals surface area contributed by atoms with Crippen molar-refractivity contribution in [3.63, 3.8) is 0 Å². The summed E-state index contributed by atoms with van der Waals surface area (Å²) in [4.78, 5) is 11.9. The van der Waals surface area contributed by atoms with Crippen molar-refractivity contribution in [2.45, 2.75) is 25.7 Å². The third-order valence-electron chi connectivity index (χ3n) is 3.55. The molecule has 20 heavy (non-hydrogen) atoms. The van der Waals surface area contributed by atoms with E-state index in [1.165, 1.54) is 5.56 Å². The summed E-state index contributed by atoms with van der Waals surface area (Å²) in [5, 5.41) is 3.33. The molecular weight excluding hydrogens is 250 g/mol. The van der Waals surface area contributed by atoms with Crippen LogP contribution in [0.2, 0.25) is 0 Å². The first kappa shape index (κ1) is 12.7. The molecule has 0 spiro atoms. The fourth-order valence-corrected chi connectivity index (χ4v) is 2.53. The second-order valence-electron chi connectivity index (χ2n) is 5.25. The molecule has 0 saturated heterocycles. The molecule has 0 amide bonds. The normalized spacial score (nSPS) is 18.8. The van der Waals surface area contributed by atoms with E-state index in [4.69, 9.17) is 4.42 Å². The number of allylic oxidation sites excluding steroid dienone is 2. The lowest BCUT2D eigenvalue weighted by Gasteiger charge is -2.21. The number of hydrogen-bond donors (Lipinski definition) is 1. The van der Waals surface area contributed by atoms with Gasteiger partial charge in [-0.05, 0) is 37.6 Å². The molecule has 3 nitrogen and oxygen atoms in total. The van der Waals surface area contributed by atoms with E-state index in [0.29, 0.717) is 6.42 Å². The van der Waals surface area contributed by atoms with Crippen LogP contribution in [0.1, 0.15) is 30.1 Å². The maximum atomic E-state index is 11.9. The summed E-state index contributed by atoms with van der Waals surface area (Å²) < 4.78 is 5.43. The number of hydrogen-bond acceptors (Lipinski definition) is 3. The molecule has 1 atom stereocenters. The van der Waals surface area contributed by atoms with Gasteiger partial charge in [-0.3, -0.25) is 4.79 Å². The molecule has 1 aliphatic carbocycles. The molecule has 3 rings (SSSR count). The first-order valence-electron chi connectivity index (χ1n) is 6.81. The third kappa shape index (κ3) is 2.82. The summed E-state index contributed by atoms with van der Waals surface area (Å²) in [6.07, 6.45) is 4.68. The molecule has 0 fully saturated rings. The van der Waals surface area contributed by atoms with Gasteiger partial charge in [-0.15, -0.1) is 0 Å². The lowest BCUT2D eigenvalue weighted by molar-refractivity contribution is -0.115. The molecule has 3 heteroatoms. The first-order chi connectivity index (χ1) is 9.70. The fourth-order valence-electron chi connectivity index (χ4n) is 2.53. The van der Waals surface area contributed by atoms with Gasteiger partial charge < -0.3 is 9.73 Å². The van der Waals surface area contributed by atoms with E-state index in [1.807, 2.05) is 24.3 Å². The largest absolute Gasteiger partial charge is 0.469 e. The number of anilines is 1. The number of furan rings is 1. The first-order valence-corrected chi connectivity index (χ1v) is 6.81. The van der Waals surface area contributed by atoms with E-state index in [0.717, 1.165) is 23.6 Å². The molecule has 102 valence electrons. The lowest BCUT2D eigenvalue weighted by atomic mass is 9.89. The Kier molecular flexibility index (Phi) is 3.42. The number of rotatable bonds is 3. The Bertz CT molecular complexity index is 624. The quantitative estimate of drug-likeness (QED) is 0.913. The van der Waals surface area contributed by atoms with Crippen LogP contribution in [-0.2, 0) is 4.79 Å². The second-order valence-corrected chi connectivity index (χ2v) is 5.25. The van der Waals surface area contributed by atoms with Crippen molar-refractivity contribution in [2.24, 2.45) is 0 Å². The highest BCUT2D eigenvalue weighted by Crippen LogP contribution is 2.32. The van der Waals surface area contributed by atoms with Gasteiger partial charge in [-0.1, -0.05) is 17.7 Å². The van der Waals surface area contributed by atoms with Gasteiger partial charge in [0.1, 0.15) is 5.76 Å². The Balaban J connectivity index is 1.76. The van der Waals surface area contributed by atoms with Crippen LogP contribution in [0.15, 0.2) is 58.9 Å². The van der Waals surface area contributed by atoms with Crippen LogP contribution in [0.25, 0.3) is 0 Å². The smallest absolute Gasteiger partial charge is 0.158 e. The zero-order valence-electron chi connectivity index (χ0n) is 11.4. The maximum Gasteiger partial charge on any atom is 0.158 e. The molecule has 0 radical (unpaired) electrons. The Morgan fingerprint density at radius 3 is 2.65 bits per heavy atom. The zero-order chi connectivity index (χ0) is 13.9. The number of carbonyl (C=O) groups excluding carboxylic acids is 1. The molecule has 1 N–H and O–H groups in total. The molecule has 0 aliphatic heterocycles. The number of benzene rings is 1. The molecular formula is C17H17NO2. The number of carbonyl (C=O) groups is 1. The Morgan fingerprint density at radius 1 is 1.15 bits per heavy atom. The average Bonchev–Trinajstić information content (AvgIpc) is 2.95. The van der Waals surface area contributed by atoms with E-state index >= 15 is 0 Å². The minimum Gasteiger partial charge on any atom is -0.469 e. The molecule has 0 bridgehead atoms. The van der Waals surface area contributed by atoms with Crippen molar-refractivity contribution < 1.29 is 9.21 Å². The van der Waals surface area contributed by atoms with E-state index in [2.05, 4.69) is 24.4 Å². The highest BCUT2D eigenvalue weighted by molar-refractivity contribution is 5.92. The number of ketones is 1. The predicted octanol–water partition coefficient (Wildman–Crippen LogP) is 4.03. The summed E-state index contributed by atoms with van der Waals surface area (Å²) in [5.74, 6) is 1.16. The third-order valence-corrected chi connectivity index (χ3v) is 3.55. The van der Waals surface area contributed by atoms with Gasteiger partial charge in [-0.2, -0.15) is 0 Å². The van der Waals surface area contributed by atoms with Crippen LogP contribution < -0.4 is 5.32 Å². The van der Waals surface area contributed by atoms with E-state index in [9.17, 15) is 4.79 Å². The van der Waals surface area contributed by atoms with Gasteiger partial charge >= 0.3 is 0 Å². The fraction of sp³-hybridized carbons (Fsp3) is 0.235. The van der Waals surface area contributed by atoms with Crippen molar-refractivity contribution in [2.75, 3.05) is 5.32 Å². The van der Waals surface area contributed by atoms with Crippen LogP contribution in [0.4, 0.5) is 5.69 Å². The summed E-state index contributed by atoms with van der Waals surface area (Å²) in [6.45, 7) is 2.06.